The summed E-state index contributed by atoms with van der Waals surface area (Å²) in [6.07, 6.45) is 2.76. The van der Waals surface area contributed by atoms with Gasteiger partial charge in [-0.25, -0.2) is 4.98 Å². The summed E-state index contributed by atoms with van der Waals surface area (Å²) in [4.78, 5) is 8.91. The van der Waals surface area contributed by atoms with Crippen molar-refractivity contribution in [3.63, 3.8) is 0 Å². The summed E-state index contributed by atoms with van der Waals surface area (Å²) in [5, 5.41) is 0. The molecule has 0 aliphatic heterocycles. The molecule has 2 nitrogen and oxygen atoms in total. The van der Waals surface area contributed by atoms with Crippen LogP contribution in [0.5, 0.6) is 0 Å². The lowest BCUT2D eigenvalue weighted by Gasteiger charge is -2.03. The molecule has 0 aliphatic rings. The van der Waals surface area contributed by atoms with Crippen molar-refractivity contribution in [1.29, 1.82) is 0 Å². The number of aryl methyl sites for hydroxylation is 2. The van der Waals surface area contributed by atoms with E-state index in [1.54, 1.807) is 0 Å². The Morgan fingerprint density at radius 1 is 1.36 bits per heavy atom. The van der Waals surface area contributed by atoms with Gasteiger partial charge in [0.2, 0.25) is 0 Å². The number of fused-ring (bicyclic) bond motifs is 1. The first-order valence-corrected chi connectivity index (χ1v) is 5.42. The normalized spacial score (nSPS) is 10.8. The van der Waals surface area contributed by atoms with Crippen LogP contribution in [0.25, 0.3) is 11.0 Å². The summed E-state index contributed by atoms with van der Waals surface area (Å²) in [6, 6.07) is 4.12. The smallest absolute Gasteiger partial charge is 0.103 e. The molecule has 1 aromatic carbocycles. The third kappa shape index (κ3) is 1.64. The van der Waals surface area contributed by atoms with E-state index in [-0.39, 0.29) is 0 Å². The van der Waals surface area contributed by atoms with Crippen LogP contribution in [-0.2, 0) is 6.42 Å². The maximum atomic E-state index is 4.52. The minimum Gasteiger partial charge on any atom is -0.252 e. The van der Waals surface area contributed by atoms with Crippen molar-refractivity contribution in [2.24, 2.45) is 0 Å². The summed E-state index contributed by atoms with van der Waals surface area (Å²) in [5.74, 6) is 0. The molecule has 0 saturated heterocycles. The number of halogens is 1. The lowest BCUT2D eigenvalue weighted by atomic mass is 10.2. The summed E-state index contributed by atoms with van der Waals surface area (Å²) in [7, 11) is 0. The van der Waals surface area contributed by atoms with Gasteiger partial charge in [-0.05, 0) is 47.0 Å². The number of rotatable bonds is 1. The van der Waals surface area contributed by atoms with E-state index in [9.17, 15) is 0 Å². The van der Waals surface area contributed by atoms with Crippen LogP contribution >= 0.6 is 15.9 Å². The average molecular weight is 251 g/mol. The second-order valence-corrected chi connectivity index (χ2v) is 4.18. The highest BCUT2D eigenvalue weighted by molar-refractivity contribution is 9.10. The monoisotopic (exact) mass is 250 g/mol. The first-order chi connectivity index (χ1) is 6.70. The van der Waals surface area contributed by atoms with Gasteiger partial charge in [0.15, 0.2) is 0 Å². The summed E-state index contributed by atoms with van der Waals surface area (Å²) in [5.41, 5.74) is 4.14. The molecule has 1 heterocycles. The molecule has 0 N–H and O–H groups in total. The van der Waals surface area contributed by atoms with E-state index in [1.165, 1.54) is 5.56 Å². The van der Waals surface area contributed by atoms with Gasteiger partial charge in [-0.2, -0.15) is 0 Å². The second kappa shape index (κ2) is 3.65. The second-order valence-electron chi connectivity index (χ2n) is 3.33. The molecule has 2 rings (SSSR count). The standard InChI is InChI=1S/C11H11BrN2/c1-3-8-6-13-11-9(12)4-7(2)5-10(11)14-8/h4-6H,3H2,1-2H3. The summed E-state index contributed by atoms with van der Waals surface area (Å²) in [6.45, 7) is 4.14. The molecule has 1 aromatic heterocycles. The van der Waals surface area contributed by atoms with Gasteiger partial charge in [0.1, 0.15) is 5.52 Å². The predicted molar refractivity (Wildman–Crippen MR) is 61.4 cm³/mol. The summed E-state index contributed by atoms with van der Waals surface area (Å²) < 4.78 is 1.02. The zero-order valence-corrected chi connectivity index (χ0v) is 9.80. The van der Waals surface area contributed by atoms with Crippen molar-refractivity contribution >= 4 is 27.0 Å². The van der Waals surface area contributed by atoms with Gasteiger partial charge >= 0.3 is 0 Å². The molecule has 2 aromatic rings. The highest BCUT2D eigenvalue weighted by atomic mass is 79.9. The van der Waals surface area contributed by atoms with Crippen molar-refractivity contribution in [2.75, 3.05) is 0 Å². The molecule has 72 valence electrons. The average Bonchev–Trinajstić information content (AvgIpc) is 2.16. The fourth-order valence-electron chi connectivity index (χ4n) is 1.42. The summed E-state index contributed by atoms with van der Waals surface area (Å²) >= 11 is 3.49. The molecule has 0 fully saturated rings. The van der Waals surface area contributed by atoms with E-state index < -0.39 is 0 Å². The Hall–Kier alpha value is -0.960. The third-order valence-corrected chi connectivity index (χ3v) is 2.76. The molecule has 0 amide bonds. The van der Waals surface area contributed by atoms with E-state index in [0.29, 0.717) is 0 Å². The lowest BCUT2D eigenvalue weighted by Crippen LogP contribution is -1.92. The molecule has 0 spiro atoms. The Labute approximate surface area is 91.5 Å². The van der Waals surface area contributed by atoms with E-state index in [2.05, 4.69) is 51.9 Å². The topological polar surface area (TPSA) is 25.8 Å². The molecule has 0 atom stereocenters. The highest BCUT2D eigenvalue weighted by Gasteiger charge is 2.03. The Kier molecular flexibility index (Phi) is 2.50. The fraction of sp³-hybridized carbons (Fsp3) is 0.273. The van der Waals surface area contributed by atoms with Gasteiger partial charge in [-0.15, -0.1) is 0 Å². The predicted octanol–water partition coefficient (Wildman–Crippen LogP) is 3.26. The van der Waals surface area contributed by atoms with Gasteiger partial charge in [0, 0.05) is 10.7 Å². The SMILES string of the molecule is CCc1cnc2c(Br)cc(C)cc2n1. The van der Waals surface area contributed by atoms with E-state index in [4.69, 9.17) is 0 Å². The molecule has 0 saturated carbocycles. The van der Waals surface area contributed by atoms with Gasteiger partial charge in [-0.3, -0.25) is 4.98 Å². The van der Waals surface area contributed by atoms with Gasteiger partial charge < -0.3 is 0 Å². The lowest BCUT2D eigenvalue weighted by molar-refractivity contribution is 1.03. The zero-order chi connectivity index (χ0) is 10.1. The highest BCUT2D eigenvalue weighted by Crippen LogP contribution is 2.22. The number of benzene rings is 1. The van der Waals surface area contributed by atoms with Crippen LogP contribution in [0.2, 0.25) is 0 Å². The largest absolute Gasteiger partial charge is 0.252 e. The van der Waals surface area contributed by atoms with E-state index >= 15 is 0 Å². The van der Waals surface area contributed by atoms with Gasteiger partial charge in [0.05, 0.1) is 11.2 Å². The first kappa shape index (κ1) is 9.59. The van der Waals surface area contributed by atoms with Gasteiger partial charge in [0.25, 0.3) is 0 Å². The maximum Gasteiger partial charge on any atom is 0.103 e. The van der Waals surface area contributed by atoms with Crippen molar-refractivity contribution in [3.05, 3.63) is 34.1 Å². The number of hydrogen-bond acceptors (Lipinski definition) is 2. The molecular formula is C11H11BrN2. The molecule has 0 aliphatic carbocycles. The quantitative estimate of drug-likeness (QED) is 0.777. The molecule has 0 bridgehead atoms. The van der Waals surface area contributed by atoms with Crippen LogP contribution in [0.4, 0.5) is 0 Å². The minimum absolute atomic E-state index is 0.925. The van der Waals surface area contributed by atoms with Crippen molar-refractivity contribution in [2.45, 2.75) is 20.3 Å². The Morgan fingerprint density at radius 2 is 2.14 bits per heavy atom. The maximum absolute atomic E-state index is 4.52. The fourth-order valence-corrected chi connectivity index (χ4v) is 2.09. The van der Waals surface area contributed by atoms with Crippen LogP contribution in [0.15, 0.2) is 22.8 Å². The Morgan fingerprint density at radius 3 is 2.86 bits per heavy atom. The Bertz CT molecular complexity index is 480. The van der Waals surface area contributed by atoms with Crippen molar-refractivity contribution in [3.8, 4) is 0 Å². The van der Waals surface area contributed by atoms with Crippen molar-refractivity contribution < 1.29 is 0 Å². The zero-order valence-electron chi connectivity index (χ0n) is 8.21. The van der Waals surface area contributed by atoms with Crippen LogP contribution in [0, 0.1) is 6.92 Å². The molecule has 3 heteroatoms. The molecule has 14 heavy (non-hydrogen) atoms. The van der Waals surface area contributed by atoms with Crippen LogP contribution in [-0.4, -0.2) is 9.97 Å². The van der Waals surface area contributed by atoms with E-state index in [0.717, 1.165) is 27.6 Å². The Balaban J connectivity index is 2.75. The molecule has 0 unspecified atom stereocenters. The molecular weight excluding hydrogens is 240 g/mol. The minimum atomic E-state index is 0.925. The van der Waals surface area contributed by atoms with Crippen LogP contribution < -0.4 is 0 Å². The van der Waals surface area contributed by atoms with Crippen LogP contribution in [0.1, 0.15) is 18.2 Å². The molecule has 0 radical (unpaired) electrons. The third-order valence-electron chi connectivity index (χ3n) is 2.16. The van der Waals surface area contributed by atoms with Crippen LogP contribution in [0.3, 0.4) is 0 Å². The number of hydrogen-bond donors (Lipinski definition) is 0. The number of aromatic nitrogens is 2. The first-order valence-electron chi connectivity index (χ1n) is 4.62. The van der Waals surface area contributed by atoms with E-state index in [1.807, 2.05) is 6.20 Å². The van der Waals surface area contributed by atoms with Gasteiger partial charge in [-0.1, -0.05) is 6.92 Å². The number of nitrogens with zero attached hydrogens (tertiary/aromatic N) is 2. The van der Waals surface area contributed by atoms with Crippen molar-refractivity contribution in [1.82, 2.24) is 9.97 Å².